The molecule has 0 radical (unpaired) electrons. The molecule has 0 aliphatic heterocycles. The van der Waals surface area contributed by atoms with E-state index in [1.807, 2.05) is 31.1 Å². The van der Waals surface area contributed by atoms with E-state index >= 15 is 0 Å². The Morgan fingerprint density at radius 3 is 2.52 bits per heavy atom. The third kappa shape index (κ3) is 4.73. The molecule has 0 atom stereocenters. The lowest BCUT2D eigenvalue weighted by molar-refractivity contribution is -0.118. The average molecular weight is 382 g/mol. The molecule has 0 unspecified atom stereocenters. The second kappa shape index (κ2) is 8.19. The second-order valence-electron chi connectivity index (χ2n) is 7.44. The zero-order valence-electron chi connectivity index (χ0n) is 16.7. The van der Waals surface area contributed by atoms with E-state index in [1.165, 1.54) is 16.7 Å². The molecule has 0 N–H and O–H groups in total. The first-order valence-electron chi connectivity index (χ1n) is 9.22. The Bertz CT molecular complexity index is 961. The SMILES string of the molecule is Cc1cccc(CC(=O)N(CCN(C)C)c2nc3cc(C)cc(C)c3s2)c1. The summed E-state index contributed by atoms with van der Waals surface area (Å²) in [6.45, 7) is 7.67. The third-order valence-corrected chi connectivity index (χ3v) is 5.78. The van der Waals surface area contributed by atoms with Gasteiger partial charge in [-0.25, -0.2) is 4.98 Å². The maximum atomic E-state index is 13.1. The van der Waals surface area contributed by atoms with Gasteiger partial charge in [-0.1, -0.05) is 47.2 Å². The van der Waals surface area contributed by atoms with Crippen molar-refractivity contribution in [2.75, 3.05) is 32.1 Å². The molecule has 0 spiro atoms. The van der Waals surface area contributed by atoms with Crippen LogP contribution in [0.3, 0.4) is 0 Å². The molecule has 0 saturated heterocycles. The van der Waals surface area contributed by atoms with Gasteiger partial charge in [0.05, 0.1) is 16.6 Å². The summed E-state index contributed by atoms with van der Waals surface area (Å²) in [5.41, 5.74) is 5.61. The first-order chi connectivity index (χ1) is 12.8. The Kier molecular flexibility index (Phi) is 5.92. The minimum absolute atomic E-state index is 0.0934. The lowest BCUT2D eigenvalue weighted by Gasteiger charge is -2.22. The van der Waals surface area contributed by atoms with E-state index in [0.29, 0.717) is 13.0 Å². The molecule has 27 heavy (non-hydrogen) atoms. The van der Waals surface area contributed by atoms with Crippen LogP contribution in [0.5, 0.6) is 0 Å². The number of anilines is 1. The van der Waals surface area contributed by atoms with Crippen LogP contribution >= 0.6 is 11.3 Å². The number of amides is 1. The Balaban J connectivity index is 1.93. The molecule has 3 aromatic rings. The van der Waals surface area contributed by atoms with E-state index in [4.69, 9.17) is 4.98 Å². The van der Waals surface area contributed by atoms with Crippen molar-refractivity contribution in [1.82, 2.24) is 9.88 Å². The molecule has 3 rings (SSSR count). The van der Waals surface area contributed by atoms with Gasteiger partial charge >= 0.3 is 0 Å². The summed E-state index contributed by atoms with van der Waals surface area (Å²) in [5.74, 6) is 0.0934. The van der Waals surface area contributed by atoms with Crippen LogP contribution in [0.1, 0.15) is 22.3 Å². The van der Waals surface area contributed by atoms with Gasteiger partial charge in [-0.15, -0.1) is 0 Å². The molecule has 1 amide bonds. The maximum Gasteiger partial charge on any atom is 0.233 e. The molecule has 2 aromatic carbocycles. The third-order valence-electron chi connectivity index (χ3n) is 4.55. The molecule has 1 aromatic heterocycles. The highest BCUT2D eigenvalue weighted by atomic mass is 32.1. The number of aryl methyl sites for hydroxylation is 3. The van der Waals surface area contributed by atoms with Gasteiger partial charge < -0.3 is 4.90 Å². The molecule has 4 nitrogen and oxygen atoms in total. The number of carbonyl (C=O) groups excluding carboxylic acids is 1. The quantitative estimate of drug-likeness (QED) is 0.637. The summed E-state index contributed by atoms with van der Waals surface area (Å²) in [6.07, 6.45) is 0.392. The highest BCUT2D eigenvalue weighted by molar-refractivity contribution is 7.22. The van der Waals surface area contributed by atoms with E-state index in [-0.39, 0.29) is 5.91 Å². The van der Waals surface area contributed by atoms with Crippen molar-refractivity contribution >= 4 is 32.6 Å². The van der Waals surface area contributed by atoms with Gasteiger partial charge in [-0.05, 0) is 57.6 Å². The van der Waals surface area contributed by atoms with Crippen LogP contribution < -0.4 is 4.90 Å². The van der Waals surface area contributed by atoms with Crippen molar-refractivity contribution in [1.29, 1.82) is 0 Å². The predicted octanol–water partition coefficient (Wildman–Crippen LogP) is 4.36. The van der Waals surface area contributed by atoms with E-state index < -0.39 is 0 Å². The number of thiazole rings is 1. The van der Waals surface area contributed by atoms with Crippen molar-refractivity contribution in [3.8, 4) is 0 Å². The van der Waals surface area contributed by atoms with Gasteiger partial charge in [-0.3, -0.25) is 9.69 Å². The summed E-state index contributed by atoms with van der Waals surface area (Å²) in [6, 6.07) is 12.4. The summed E-state index contributed by atoms with van der Waals surface area (Å²) < 4.78 is 1.16. The molecular weight excluding hydrogens is 354 g/mol. The van der Waals surface area contributed by atoms with E-state index in [0.717, 1.165) is 27.5 Å². The molecule has 1 heterocycles. The molecule has 0 aliphatic rings. The Morgan fingerprint density at radius 1 is 1.04 bits per heavy atom. The number of hydrogen-bond acceptors (Lipinski definition) is 4. The van der Waals surface area contributed by atoms with Gasteiger partial charge in [-0.2, -0.15) is 0 Å². The van der Waals surface area contributed by atoms with Crippen LogP contribution in [0.15, 0.2) is 36.4 Å². The average Bonchev–Trinajstić information content (AvgIpc) is 2.98. The molecule has 142 valence electrons. The first-order valence-corrected chi connectivity index (χ1v) is 10.0. The highest BCUT2D eigenvalue weighted by Gasteiger charge is 2.21. The summed E-state index contributed by atoms with van der Waals surface area (Å²) in [4.78, 5) is 21.9. The van der Waals surface area contributed by atoms with Crippen LogP contribution in [0, 0.1) is 20.8 Å². The zero-order valence-corrected chi connectivity index (χ0v) is 17.6. The van der Waals surface area contributed by atoms with Crippen LogP contribution in [-0.2, 0) is 11.2 Å². The number of aromatic nitrogens is 1. The summed E-state index contributed by atoms with van der Waals surface area (Å²) in [5, 5.41) is 0.790. The fraction of sp³-hybridized carbons (Fsp3) is 0.364. The van der Waals surface area contributed by atoms with Crippen molar-refractivity contribution in [2.24, 2.45) is 0 Å². The van der Waals surface area contributed by atoms with Crippen molar-refractivity contribution in [3.05, 3.63) is 58.7 Å². The smallest absolute Gasteiger partial charge is 0.233 e. The number of rotatable bonds is 6. The monoisotopic (exact) mass is 381 g/mol. The zero-order chi connectivity index (χ0) is 19.6. The van der Waals surface area contributed by atoms with Gasteiger partial charge in [0.15, 0.2) is 5.13 Å². The summed E-state index contributed by atoms with van der Waals surface area (Å²) >= 11 is 1.61. The van der Waals surface area contributed by atoms with E-state index in [1.54, 1.807) is 11.3 Å². The maximum absolute atomic E-state index is 13.1. The van der Waals surface area contributed by atoms with Crippen LogP contribution in [-0.4, -0.2) is 43.0 Å². The Labute approximate surface area is 165 Å². The van der Waals surface area contributed by atoms with Gasteiger partial charge in [0.1, 0.15) is 0 Å². The lowest BCUT2D eigenvalue weighted by atomic mass is 10.1. The molecular formula is C22H27N3OS. The number of hydrogen-bond donors (Lipinski definition) is 0. The number of nitrogens with zero attached hydrogens (tertiary/aromatic N) is 3. The van der Waals surface area contributed by atoms with E-state index in [2.05, 4.69) is 49.9 Å². The molecule has 0 saturated carbocycles. The van der Waals surface area contributed by atoms with Crippen LogP contribution in [0.4, 0.5) is 5.13 Å². The minimum atomic E-state index is 0.0934. The largest absolute Gasteiger partial charge is 0.308 e. The number of benzene rings is 2. The minimum Gasteiger partial charge on any atom is -0.308 e. The molecule has 0 bridgehead atoms. The van der Waals surface area contributed by atoms with Crippen molar-refractivity contribution < 1.29 is 4.79 Å². The number of carbonyl (C=O) groups is 1. The molecule has 0 aliphatic carbocycles. The normalized spacial score (nSPS) is 11.3. The number of likely N-dealkylation sites (N-methyl/N-ethyl adjacent to an activating group) is 1. The predicted molar refractivity (Wildman–Crippen MR) is 115 cm³/mol. The Hall–Kier alpha value is -2.24. The van der Waals surface area contributed by atoms with E-state index in [9.17, 15) is 4.79 Å². The first kappa shape index (κ1) is 19.5. The summed E-state index contributed by atoms with van der Waals surface area (Å²) in [7, 11) is 4.05. The second-order valence-corrected chi connectivity index (χ2v) is 8.42. The molecule has 0 fully saturated rings. The fourth-order valence-electron chi connectivity index (χ4n) is 3.20. The van der Waals surface area contributed by atoms with Crippen LogP contribution in [0.25, 0.3) is 10.2 Å². The van der Waals surface area contributed by atoms with Gasteiger partial charge in [0.25, 0.3) is 0 Å². The molecule has 5 heteroatoms. The van der Waals surface area contributed by atoms with Gasteiger partial charge in [0.2, 0.25) is 5.91 Å². The standard InChI is InChI=1S/C22H27N3OS/c1-15-7-6-8-18(12-15)14-20(26)25(10-9-24(4)5)22-23-19-13-16(2)11-17(3)21(19)27-22/h6-8,11-13H,9-10,14H2,1-5H3. The Morgan fingerprint density at radius 2 is 1.81 bits per heavy atom. The topological polar surface area (TPSA) is 36.4 Å². The van der Waals surface area contributed by atoms with Crippen molar-refractivity contribution in [3.63, 3.8) is 0 Å². The lowest BCUT2D eigenvalue weighted by Crippen LogP contribution is -2.37. The number of fused-ring (bicyclic) bond motifs is 1. The fourth-order valence-corrected chi connectivity index (χ4v) is 4.26. The van der Waals surface area contributed by atoms with Gasteiger partial charge in [0, 0.05) is 13.1 Å². The van der Waals surface area contributed by atoms with Crippen molar-refractivity contribution in [2.45, 2.75) is 27.2 Å². The van der Waals surface area contributed by atoms with Crippen LogP contribution in [0.2, 0.25) is 0 Å². The highest BCUT2D eigenvalue weighted by Crippen LogP contribution is 2.32.